The Labute approximate surface area is 120 Å². The van der Waals surface area contributed by atoms with E-state index in [1.807, 2.05) is 0 Å². The van der Waals surface area contributed by atoms with Crippen molar-refractivity contribution in [1.29, 1.82) is 0 Å². The molecule has 88 valence electrons. The third kappa shape index (κ3) is 3.19. The molecule has 0 aliphatic rings. The summed E-state index contributed by atoms with van der Waals surface area (Å²) in [6.45, 7) is 0. The summed E-state index contributed by atoms with van der Waals surface area (Å²) in [7, 11) is 0. The molecule has 0 aliphatic heterocycles. The lowest BCUT2D eigenvalue weighted by molar-refractivity contribution is -0.138. The second-order valence-corrected chi connectivity index (χ2v) is 5.45. The van der Waals surface area contributed by atoms with E-state index in [9.17, 15) is 18.0 Å². The smallest absolute Gasteiger partial charge is 0.293 e. The highest BCUT2D eigenvalue weighted by Gasteiger charge is 2.35. The Morgan fingerprint density at radius 1 is 1.38 bits per heavy atom. The van der Waals surface area contributed by atoms with E-state index in [0.717, 1.165) is 0 Å². The Bertz CT molecular complexity index is 408. The first-order valence-corrected chi connectivity index (χ1v) is 6.92. The number of ketones is 1. The maximum atomic E-state index is 12.6. The highest BCUT2D eigenvalue weighted by Crippen LogP contribution is 2.38. The SMILES string of the molecule is O=C(CBr)c1cc(Br)c(C(F)(F)F)c(I)c1. The van der Waals surface area contributed by atoms with Crippen LogP contribution in [0.5, 0.6) is 0 Å². The van der Waals surface area contributed by atoms with Crippen molar-refractivity contribution in [2.45, 2.75) is 6.18 Å². The summed E-state index contributed by atoms with van der Waals surface area (Å²) in [5.74, 6) is -0.257. The van der Waals surface area contributed by atoms with Crippen LogP contribution < -0.4 is 0 Å². The molecule has 0 aliphatic carbocycles. The van der Waals surface area contributed by atoms with Gasteiger partial charge in [0.25, 0.3) is 0 Å². The van der Waals surface area contributed by atoms with Gasteiger partial charge in [0.1, 0.15) is 0 Å². The third-order valence-electron chi connectivity index (χ3n) is 1.77. The number of alkyl halides is 4. The van der Waals surface area contributed by atoms with E-state index in [1.165, 1.54) is 12.1 Å². The zero-order chi connectivity index (χ0) is 12.5. The van der Waals surface area contributed by atoms with Crippen LogP contribution in [-0.4, -0.2) is 11.1 Å². The number of hydrogen-bond donors (Lipinski definition) is 0. The third-order valence-corrected chi connectivity index (χ3v) is 3.75. The Balaban J connectivity index is 3.34. The van der Waals surface area contributed by atoms with Gasteiger partial charge in [0.05, 0.1) is 10.9 Å². The molecule has 0 atom stereocenters. The fourth-order valence-electron chi connectivity index (χ4n) is 1.08. The van der Waals surface area contributed by atoms with Gasteiger partial charge in [0.2, 0.25) is 0 Å². The molecule has 0 radical (unpaired) electrons. The van der Waals surface area contributed by atoms with Crippen molar-refractivity contribution in [2.75, 3.05) is 5.33 Å². The van der Waals surface area contributed by atoms with Crippen LogP contribution in [0.25, 0.3) is 0 Å². The van der Waals surface area contributed by atoms with Crippen molar-refractivity contribution in [3.05, 3.63) is 31.3 Å². The molecule has 1 nitrogen and oxygen atoms in total. The van der Waals surface area contributed by atoms with E-state index in [2.05, 4.69) is 31.9 Å². The van der Waals surface area contributed by atoms with Gasteiger partial charge in [-0.15, -0.1) is 0 Å². The maximum absolute atomic E-state index is 12.6. The molecule has 0 saturated heterocycles. The van der Waals surface area contributed by atoms with Crippen LogP contribution in [0, 0.1) is 3.57 Å². The number of carbonyl (C=O) groups excluding carboxylic acids is 1. The maximum Gasteiger partial charge on any atom is 0.418 e. The summed E-state index contributed by atoms with van der Waals surface area (Å²) in [5.41, 5.74) is -0.500. The fourth-order valence-corrected chi connectivity index (χ4v) is 3.39. The summed E-state index contributed by atoms with van der Waals surface area (Å²) in [5, 5.41) is 0.0842. The van der Waals surface area contributed by atoms with Crippen LogP contribution in [0.3, 0.4) is 0 Å². The molecule has 0 bridgehead atoms. The van der Waals surface area contributed by atoms with Crippen LogP contribution in [-0.2, 0) is 6.18 Å². The second kappa shape index (κ2) is 5.34. The minimum Gasteiger partial charge on any atom is -0.293 e. The van der Waals surface area contributed by atoms with Crippen molar-refractivity contribution in [3.8, 4) is 0 Å². The van der Waals surface area contributed by atoms with Crippen LogP contribution in [0.4, 0.5) is 13.2 Å². The molecular weight excluding hydrogens is 468 g/mol. The molecule has 0 fully saturated rings. The van der Waals surface area contributed by atoms with Crippen LogP contribution in [0.2, 0.25) is 0 Å². The molecule has 0 saturated carbocycles. The largest absolute Gasteiger partial charge is 0.418 e. The lowest BCUT2D eigenvalue weighted by Crippen LogP contribution is -2.11. The molecule has 16 heavy (non-hydrogen) atoms. The van der Waals surface area contributed by atoms with Gasteiger partial charge in [-0.2, -0.15) is 13.2 Å². The predicted molar refractivity (Wildman–Crippen MR) is 70.0 cm³/mol. The van der Waals surface area contributed by atoms with Gasteiger partial charge in [-0.05, 0) is 34.7 Å². The molecule has 0 N–H and O–H groups in total. The predicted octanol–water partition coefficient (Wildman–Crippen LogP) is 4.65. The highest BCUT2D eigenvalue weighted by atomic mass is 127. The number of benzene rings is 1. The van der Waals surface area contributed by atoms with Crippen LogP contribution in [0.1, 0.15) is 15.9 Å². The molecule has 0 spiro atoms. The molecule has 1 rings (SSSR count). The summed E-state index contributed by atoms with van der Waals surface area (Å²) in [6, 6.07) is 2.42. The number of rotatable bonds is 2. The average Bonchev–Trinajstić information content (AvgIpc) is 2.13. The Kier molecular flexibility index (Phi) is 4.82. The van der Waals surface area contributed by atoms with Gasteiger partial charge in [-0.1, -0.05) is 31.9 Å². The van der Waals surface area contributed by atoms with E-state index < -0.39 is 11.7 Å². The monoisotopic (exact) mass is 470 g/mol. The van der Waals surface area contributed by atoms with Gasteiger partial charge in [0, 0.05) is 13.6 Å². The first-order chi connectivity index (χ1) is 7.27. The lowest BCUT2D eigenvalue weighted by Gasteiger charge is -2.12. The standard InChI is InChI=1S/C9H4Br2F3IO/c10-3-7(16)4-1-5(11)8(6(15)2-4)9(12,13)14/h1-2H,3H2. The van der Waals surface area contributed by atoms with Crippen LogP contribution >= 0.6 is 54.5 Å². The average molecular weight is 472 g/mol. The number of Topliss-reactive ketones (excluding diaryl/α,β-unsaturated/α-hetero) is 1. The van der Waals surface area contributed by atoms with E-state index in [0.29, 0.717) is 0 Å². The molecule has 7 heteroatoms. The summed E-state index contributed by atoms with van der Waals surface area (Å²) in [6.07, 6.45) is -4.43. The first kappa shape index (κ1) is 14.4. The van der Waals surface area contributed by atoms with E-state index in [4.69, 9.17) is 0 Å². The quantitative estimate of drug-likeness (QED) is 0.349. The Morgan fingerprint density at radius 2 is 1.94 bits per heavy atom. The van der Waals surface area contributed by atoms with Crippen molar-refractivity contribution >= 4 is 60.2 Å². The van der Waals surface area contributed by atoms with Gasteiger partial charge in [-0.25, -0.2) is 0 Å². The zero-order valence-electron chi connectivity index (χ0n) is 7.54. The van der Waals surface area contributed by atoms with Crippen molar-refractivity contribution in [2.24, 2.45) is 0 Å². The number of carbonyl (C=O) groups is 1. The number of hydrogen-bond acceptors (Lipinski definition) is 1. The van der Waals surface area contributed by atoms with Crippen molar-refractivity contribution in [3.63, 3.8) is 0 Å². The topological polar surface area (TPSA) is 17.1 Å². The minimum absolute atomic E-state index is 0.00350. The lowest BCUT2D eigenvalue weighted by atomic mass is 10.1. The van der Waals surface area contributed by atoms with Gasteiger partial charge < -0.3 is 0 Å². The highest BCUT2D eigenvalue weighted by molar-refractivity contribution is 14.1. The van der Waals surface area contributed by atoms with Gasteiger partial charge in [-0.3, -0.25) is 4.79 Å². The Morgan fingerprint density at radius 3 is 2.31 bits per heavy atom. The molecule has 0 aromatic heterocycles. The molecule has 0 heterocycles. The van der Waals surface area contributed by atoms with Crippen molar-refractivity contribution in [1.82, 2.24) is 0 Å². The molecular formula is C9H4Br2F3IO. The summed E-state index contributed by atoms with van der Waals surface area (Å²) < 4.78 is 37.7. The van der Waals surface area contributed by atoms with Gasteiger partial charge in [0.15, 0.2) is 5.78 Å². The molecule has 0 unspecified atom stereocenters. The minimum atomic E-state index is -4.43. The fraction of sp³-hybridized carbons (Fsp3) is 0.222. The van der Waals surface area contributed by atoms with Crippen LogP contribution in [0.15, 0.2) is 16.6 Å². The van der Waals surface area contributed by atoms with E-state index in [1.54, 1.807) is 22.6 Å². The molecule has 1 aromatic rings. The van der Waals surface area contributed by atoms with E-state index in [-0.39, 0.29) is 24.7 Å². The summed E-state index contributed by atoms with van der Waals surface area (Å²) in [4.78, 5) is 11.3. The first-order valence-electron chi connectivity index (χ1n) is 3.92. The number of halogens is 6. The van der Waals surface area contributed by atoms with E-state index >= 15 is 0 Å². The normalized spacial score (nSPS) is 11.6. The summed E-state index contributed by atoms with van der Waals surface area (Å²) >= 11 is 7.38. The zero-order valence-corrected chi connectivity index (χ0v) is 12.9. The Hall–Kier alpha value is 0.370. The molecule has 0 amide bonds. The molecule has 1 aromatic carbocycles. The van der Waals surface area contributed by atoms with Crippen molar-refractivity contribution < 1.29 is 18.0 Å². The second-order valence-electron chi connectivity index (χ2n) is 2.87. The van der Waals surface area contributed by atoms with Gasteiger partial charge >= 0.3 is 6.18 Å².